The molecular weight excluding hydrogens is 478 g/mol. The molecule has 0 unspecified atom stereocenters. The Morgan fingerprint density at radius 3 is 2.70 bits per heavy atom. The van der Waals surface area contributed by atoms with Crippen molar-refractivity contribution in [2.75, 3.05) is 43.4 Å². The molecule has 0 aromatic carbocycles. The maximum atomic E-state index is 13.1. The standard InChI is InChI=1S/C25H26F2N10/c1-15-31-20-4-3-19(33-24(20)37(15)14-21(26)27)17-12-29-23-18(17)13-30-25(34-23)32-16-5-6-28-22(11-16)36-9-7-35(2)8-10-36/h3-6,11-13,21H,7-10,14H2,1-2H3,(H2,28,29,30,32,34). The van der Waals surface area contributed by atoms with Crippen LogP contribution in [0, 0.1) is 6.92 Å². The van der Waals surface area contributed by atoms with Crippen LogP contribution in [-0.4, -0.2) is 79.0 Å². The largest absolute Gasteiger partial charge is 0.354 e. The van der Waals surface area contributed by atoms with Gasteiger partial charge in [0.05, 0.1) is 12.2 Å². The van der Waals surface area contributed by atoms with Gasteiger partial charge >= 0.3 is 0 Å². The lowest BCUT2D eigenvalue weighted by molar-refractivity contribution is 0.127. The van der Waals surface area contributed by atoms with Crippen molar-refractivity contribution in [3.63, 3.8) is 0 Å². The molecule has 0 atom stereocenters. The van der Waals surface area contributed by atoms with Gasteiger partial charge < -0.3 is 24.7 Å². The van der Waals surface area contributed by atoms with Crippen LogP contribution in [0.3, 0.4) is 0 Å². The minimum Gasteiger partial charge on any atom is -0.354 e. The third-order valence-corrected chi connectivity index (χ3v) is 6.64. The number of H-pyrrole nitrogens is 1. The molecule has 0 spiro atoms. The Morgan fingerprint density at radius 1 is 1.05 bits per heavy atom. The lowest BCUT2D eigenvalue weighted by Crippen LogP contribution is -2.44. The van der Waals surface area contributed by atoms with Crippen molar-refractivity contribution in [3.8, 4) is 11.3 Å². The maximum absolute atomic E-state index is 13.1. The van der Waals surface area contributed by atoms with Crippen molar-refractivity contribution in [2.24, 2.45) is 0 Å². The highest BCUT2D eigenvalue weighted by molar-refractivity contribution is 5.93. The number of aromatic nitrogens is 7. The molecule has 0 aliphatic carbocycles. The highest BCUT2D eigenvalue weighted by atomic mass is 19.3. The van der Waals surface area contributed by atoms with Gasteiger partial charge in [0, 0.05) is 67.5 Å². The van der Waals surface area contributed by atoms with E-state index in [0.717, 1.165) is 48.6 Å². The zero-order valence-corrected chi connectivity index (χ0v) is 20.5. The molecule has 190 valence electrons. The van der Waals surface area contributed by atoms with E-state index in [2.05, 4.69) is 52.1 Å². The number of anilines is 3. The molecule has 1 saturated heterocycles. The topological polar surface area (TPSA) is 104 Å². The third-order valence-electron chi connectivity index (χ3n) is 6.64. The molecule has 5 aromatic rings. The fourth-order valence-electron chi connectivity index (χ4n) is 4.63. The Morgan fingerprint density at radius 2 is 1.89 bits per heavy atom. The Kier molecular flexibility index (Phi) is 5.87. The number of rotatable bonds is 6. The second-order valence-electron chi connectivity index (χ2n) is 9.18. The van der Waals surface area contributed by atoms with Gasteiger partial charge in [-0.25, -0.2) is 28.7 Å². The van der Waals surface area contributed by atoms with Crippen molar-refractivity contribution in [3.05, 3.63) is 48.7 Å². The second kappa shape index (κ2) is 9.36. The van der Waals surface area contributed by atoms with Crippen LogP contribution in [0.5, 0.6) is 0 Å². The average Bonchev–Trinajstić information content (AvgIpc) is 3.44. The molecule has 6 rings (SSSR count). The van der Waals surface area contributed by atoms with Gasteiger partial charge in [0.2, 0.25) is 5.95 Å². The van der Waals surface area contributed by atoms with Crippen molar-refractivity contribution < 1.29 is 8.78 Å². The number of imidazole rings is 1. The van der Waals surface area contributed by atoms with Crippen LogP contribution in [0.4, 0.5) is 26.2 Å². The quantitative estimate of drug-likeness (QED) is 0.360. The summed E-state index contributed by atoms with van der Waals surface area (Å²) in [4.78, 5) is 30.4. The van der Waals surface area contributed by atoms with Crippen molar-refractivity contribution >= 4 is 39.7 Å². The van der Waals surface area contributed by atoms with E-state index in [1.807, 2.05) is 18.2 Å². The number of aryl methyl sites for hydroxylation is 1. The number of halogens is 2. The van der Waals surface area contributed by atoms with Gasteiger partial charge in [-0.3, -0.25) is 0 Å². The van der Waals surface area contributed by atoms with E-state index in [0.29, 0.717) is 34.3 Å². The molecule has 0 saturated carbocycles. The maximum Gasteiger partial charge on any atom is 0.256 e. The molecule has 1 fully saturated rings. The zero-order valence-electron chi connectivity index (χ0n) is 20.5. The van der Waals surface area contributed by atoms with Crippen LogP contribution in [0.25, 0.3) is 33.5 Å². The smallest absolute Gasteiger partial charge is 0.256 e. The summed E-state index contributed by atoms with van der Waals surface area (Å²) < 4.78 is 27.6. The summed E-state index contributed by atoms with van der Waals surface area (Å²) in [6.45, 7) is 5.13. The molecule has 1 aliphatic heterocycles. The molecule has 6 heterocycles. The minimum atomic E-state index is -2.49. The van der Waals surface area contributed by atoms with Crippen LogP contribution < -0.4 is 10.2 Å². The number of nitrogens with zero attached hydrogens (tertiary/aromatic N) is 8. The average molecular weight is 505 g/mol. The number of aromatic amines is 1. The van der Waals surface area contributed by atoms with Gasteiger partial charge in [0.1, 0.15) is 22.8 Å². The van der Waals surface area contributed by atoms with E-state index < -0.39 is 13.0 Å². The molecule has 10 nitrogen and oxygen atoms in total. The van der Waals surface area contributed by atoms with Crippen LogP contribution >= 0.6 is 0 Å². The lowest BCUT2D eigenvalue weighted by atomic mass is 10.1. The number of hydrogen-bond acceptors (Lipinski definition) is 8. The van der Waals surface area contributed by atoms with E-state index in [1.165, 1.54) is 4.57 Å². The van der Waals surface area contributed by atoms with Gasteiger partial charge in [-0.1, -0.05) is 0 Å². The first-order chi connectivity index (χ1) is 17.9. The molecule has 0 radical (unpaired) electrons. The first kappa shape index (κ1) is 23.2. The molecule has 1 aliphatic rings. The van der Waals surface area contributed by atoms with Gasteiger partial charge in [-0.05, 0) is 32.2 Å². The fourth-order valence-corrected chi connectivity index (χ4v) is 4.63. The Balaban J connectivity index is 1.26. The van der Waals surface area contributed by atoms with Crippen LogP contribution in [0.15, 0.2) is 42.9 Å². The summed E-state index contributed by atoms with van der Waals surface area (Å²) in [6.07, 6.45) is 2.82. The molecule has 5 aromatic heterocycles. The van der Waals surface area contributed by atoms with E-state index in [1.54, 1.807) is 31.6 Å². The van der Waals surface area contributed by atoms with Crippen LogP contribution in [0.1, 0.15) is 5.82 Å². The number of piperazine rings is 1. The molecular formula is C25H26F2N10. The number of hydrogen-bond donors (Lipinski definition) is 2. The summed E-state index contributed by atoms with van der Waals surface area (Å²) >= 11 is 0. The molecule has 0 bridgehead atoms. The normalized spacial score (nSPS) is 14.8. The Hall–Kier alpha value is -4.19. The summed E-state index contributed by atoms with van der Waals surface area (Å²) in [5, 5.41) is 4.05. The van der Waals surface area contributed by atoms with Crippen molar-refractivity contribution in [1.82, 2.24) is 39.4 Å². The Bertz CT molecular complexity index is 1570. The number of alkyl halides is 2. The number of nitrogens with one attached hydrogen (secondary N) is 2. The lowest BCUT2D eigenvalue weighted by Gasteiger charge is -2.33. The van der Waals surface area contributed by atoms with Crippen LogP contribution in [0.2, 0.25) is 0 Å². The highest BCUT2D eigenvalue weighted by Crippen LogP contribution is 2.29. The predicted octanol–water partition coefficient (Wildman–Crippen LogP) is 3.83. The fraction of sp³-hybridized carbons (Fsp3) is 0.320. The second-order valence-corrected chi connectivity index (χ2v) is 9.18. The zero-order chi connectivity index (χ0) is 25.5. The summed E-state index contributed by atoms with van der Waals surface area (Å²) in [5.74, 6) is 1.87. The van der Waals surface area contributed by atoms with E-state index >= 15 is 0 Å². The highest BCUT2D eigenvalue weighted by Gasteiger charge is 2.18. The van der Waals surface area contributed by atoms with Crippen molar-refractivity contribution in [2.45, 2.75) is 19.9 Å². The third kappa shape index (κ3) is 4.55. The first-order valence-electron chi connectivity index (χ1n) is 12.1. The molecule has 12 heteroatoms. The summed E-state index contributed by atoms with van der Waals surface area (Å²) in [7, 11) is 2.13. The van der Waals surface area contributed by atoms with Gasteiger partial charge in [0.15, 0.2) is 5.65 Å². The molecule has 0 amide bonds. The predicted molar refractivity (Wildman–Crippen MR) is 138 cm³/mol. The molecule has 2 N–H and O–H groups in total. The van der Waals surface area contributed by atoms with E-state index in [4.69, 9.17) is 0 Å². The number of fused-ring (bicyclic) bond motifs is 2. The minimum absolute atomic E-state index is 0.428. The van der Waals surface area contributed by atoms with Gasteiger partial charge in [-0.15, -0.1) is 0 Å². The number of likely N-dealkylation sites (N-methyl/N-ethyl adjacent to an activating group) is 1. The van der Waals surface area contributed by atoms with Gasteiger partial charge in [-0.2, -0.15) is 4.98 Å². The van der Waals surface area contributed by atoms with Crippen LogP contribution in [-0.2, 0) is 6.54 Å². The van der Waals surface area contributed by atoms with E-state index in [9.17, 15) is 8.78 Å². The molecule has 37 heavy (non-hydrogen) atoms. The first-order valence-corrected chi connectivity index (χ1v) is 12.1. The Labute approximate surface area is 211 Å². The summed E-state index contributed by atoms with van der Waals surface area (Å²) in [5.41, 5.74) is 3.91. The van der Waals surface area contributed by atoms with Gasteiger partial charge in [0.25, 0.3) is 6.43 Å². The van der Waals surface area contributed by atoms with Crippen molar-refractivity contribution in [1.29, 1.82) is 0 Å². The van der Waals surface area contributed by atoms with E-state index in [-0.39, 0.29) is 0 Å². The SMILES string of the molecule is Cc1nc2ccc(-c3c[nH]c4nc(Nc5ccnc(N6CCN(C)CC6)c5)ncc34)nc2n1CC(F)F. The number of pyridine rings is 2. The summed E-state index contributed by atoms with van der Waals surface area (Å²) in [6, 6.07) is 7.51. The monoisotopic (exact) mass is 504 g/mol.